The second-order valence-electron chi connectivity index (χ2n) is 10.4. The number of aliphatic imine (C=N–C) groups is 1. The van der Waals surface area contributed by atoms with Gasteiger partial charge in [-0.3, -0.25) is 8.77 Å². The van der Waals surface area contributed by atoms with Crippen molar-refractivity contribution >= 4 is 75.3 Å². The number of benzene rings is 3. The summed E-state index contributed by atoms with van der Waals surface area (Å²) in [5, 5.41) is 14.9. The smallest absolute Gasteiger partial charge is 0.230 e. The minimum atomic E-state index is -0.279. The van der Waals surface area contributed by atoms with Crippen molar-refractivity contribution in [1.82, 2.24) is 13.9 Å². The van der Waals surface area contributed by atoms with Crippen LogP contribution in [0.1, 0.15) is 17.5 Å². The van der Waals surface area contributed by atoms with Crippen LogP contribution in [-0.2, 0) is 4.79 Å². The van der Waals surface area contributed by atoms with Crippen molar-refractivity contribution in [2.45, 2.75) is 6.42 Å². The highest BCUT2D eigenvalue weighted by atomic mass is 127. The molecule has 0 saturated heterocycles. The SMILES string of the molecule is N#C[C@H]1C[C@@H]1C(=O)Nc1cc2cc(-c3ccnc4c3ccn4SI)cc(N=C(c3ccccc3)c3ccccc3)c2cn1. The van der Waals surface area contributed by atoms with Gasteiger partial charge in [-0.05, 0) is 53.3 Å². The van der Waals surface area contributed by atoms with Gasteiger partial charge in [0.05, 0.1) is 29.3 Å². The largest absolute Gasteiger partial charge is 0.310 e. The summed E-state index contributed by atoms with van der Waals surface area (Å²) in [6.07, 6.45) is 6.20. The summed E-state index contributed by atoms with van der Waals surface area (Å²) < 4.78 is 2.03. The first kappa shape index (κ1) is 27.3. The van der Waals surface area contributed by atoms with Crippen molar-refractivity contribution in [1.29, 1.82) is 5.26 Å². The van der Waals surface area contributed by atoms with Gasteiger partial charge in [-0.25, -0.2) is 15.0 Å². The Labute approximate surface area is 264 Å². The fourth-order valence-electron chi connectivity index (χ4n) is 5.33. The van der Waals surface area contributed by atoms with Crippen molar-refractivity contribution in [2.24, 2.45) is 16.8 Å². The molecule has 1 aliphatic carbocycles. The average Bonchev–Trinajstić information content (AvgIpc) is 3.74. The molecule has 9 heteroatoms. The Bertz CT molecular complexity index is 2030. The summed E-state index contributed by atoms with van der Waals surface area (Å²) in [5.41, 5.74) is 6.51. The van der Waals surface area contributed by atoms with Crippen LogP contribution >= 0.6 is 30.3 Å². The minimum absolute atomic E-state index is 0.170. The number of hydrogen-bond acceptors (Lipinski definition) is 6. The summed E-state index contributed by atoms with van der Waals surface area (Å²) in [4.78, 5) is 27.2. The molecular formula is C34H23IN6OS. The van der Waals surface area contributed by atoms with E-state index in [2.05, 4.69) is 85.0 Å². The zero-order valence-electron chi connectivity index (χ0n) is 22.7. The third-order valence-electron chi connectivity index (χ3n) is 7.63. The molecule has 208 valence electrons. The Morgan fingerprint density at radius 1 is 0.977 bits per heavy atom. The Balaban J connectivity index is 1.42. The number of nitrogens with one attached hydrogen (secondary N) is 1. The standard InChI is InChI=1S/C34H23IN6OS/c35-43-41-14-12-27-26(11-13-37-33(27)41)23-15-24-18-31(40-34(42)28-16-25(28)19-36)38-20-29(24)30(17-23)39-32(21-7-3-1-4-8-21)22-9-5-2-6-10-22/h1-15,17-18,20,25,28H,16H2,(H,38,40,42)/t25-,28+/m1/s1. The minimum Gasteiger partial charge on any atom is -0.310 e. The molecule has 1 amide bonds. The van der Waals surface area contributed by atoms with Gasteiger partial charge >= 0.3 is 0 Å². The van der Waals surface area contributed by atoms with Crippen molar-refractivity contribution < 1.29 is 4.79 Å². The molecule has 1 fully saturated rings. The van der Waals surface area contributed by atoms with Gasteiger partial charge in [0.15, 0.2) is 5.65 Å². The number of anilines is 1. The molecule has 43 heavy (non-hydrogen) atoms. The van der Waals surface area contributed by atoms with Crippen LogP contribution in [0.2, 0.25) is 0 Å². The molecular weight excluding hydrogens is 667 g/mol. The number of halogens is 1. The zero-order chi connectivity index (χ0) is 29.3. The first-order valence-electron chi connectivity index (χ1n) is 13.7. The molecule has 0 spiro atoms. The molecule has 7 nitrogen and oxygen atoms in total. The lowest BCUT2D eigenvalue weighted by molar-refractivity contribution is -0.117. The van der Waals surface area contributed by atoms with Gasteiger partial charge in [0.2, 0.25) is 5.91 Å². The van der Waals surface area contributed by atoms with E-state index in [-0.39, 0.29) is 17.7 Å². The number of nitriles is 1. The summed E-state index contributed by atoms with van der Waals surface area (Å²) in [5.74, 6) is -0.216. The van der Waals surface area contributed by atoms with E-state index in [1.807, 2.05) is 64.9 Å². The van der Waals surface area contributed by atoms with Gasteiger partial charge in [0, 0.05) is 70.8 Å². The topological polar surface area (TPSA) is 96.0 Å². The summed E-state index contributed by atoms with van der Waals surface area (Å²) >= 11 is 2.25. The van der Waals surface area contributed by atoms with Gasteiger partial charge < -0.3 is 5.32 Å². The number of carbonyl (C=O) groups excluding carboxylic acids is 1. The van der Waals surface area contributed by atoms with Crippen LogP contribution in [0.25, 0.3) is 32.9 Å². The van der Waals surface area contributed by atoms with Crippen LogP contribution in [0.5, 0.6) is 0 Å². The van der Waals surface area contributed by atoms with Crippen LogP contribution in [-0.4, -0.2) is 25.6 Å². The first-order chi connectivity index (χ1) is 21.1. The molecule has 0 bridgehead atoms. The van der Waals surface area contributed by atoms with Crippen LogP contribution in [0.3, 0.4) is 0 Å². The van der Waals surface area contributed by atoms with Crippen molar-refractivity contribution in [3.8, 4) is 17.2 Å². The number of pyridine rings is 2. The van der Waals surface area contributed by atoms with E-state index in [1.54, 1.807) is 15.3 Å². The Morgan fingerprint density at radius 2 is 1.72 bits per heavy atom. The fourth-order valence-corrected chi connectivity index (χ4v) is 6.60. The molecule has 3 aromatic carbocycles. The number of rotatable bonds is 7. The number of aromatic nitrogens is 3. The van der Waals surface area contributed by atoms with Crippen molar-refractivity contribution in [3.05, 3.63) is 121 Å². The van der Waals surface area contributed by atoms with Gasteiger partial charge in [0.1, 0.15) is 5.82 Å². The molecule has 0 unspecified atom stereocenters. The zero-order valence-corrected chi connectivity index (χ0v) is 25.7. The first-order valence-corrected chi connectivity index (χ1v) is 17.0. The molecule has 3 heterocycles. The Morgan fingerprint density at radius 3 is 2.40 bits per heavy atom. The van der Waals surface area contributed by atoms with Crippen molar-refractivity contribution in [2.75, 3.05) is 5.32 Å². The van der Waals surface area contributed by atoms with Crippen LogP contribution in [0, 0.1) is 23.2 Å². The third-order valence-corrected chi connectivity index (χ3v) is 9.34. The molecule has 2 atom stereocenters. The van der Waals surface area contributed by atoms with Crippen LogP contribution < -0.4 is 5.32 Å². The monoisotopic (exact) mass is 690 g/mol. The van der Waals surface area contributed by atoms with Crippen molar-refractivity contribution in [3.63, 3.8) is 0 Å². The predicted molar refractivity (Wildman–Crippen MR) is 182 cm³/mol. The van der Waals surface area contributed by atoms with E-state index in [9.17, 15) is 4.79 Å². The summed E-state index contributed by atoms with van der Waals surface area (Å²) in [7, 11) is 1.57. The number of amides is 1. The van der Waals surface area contributed by atoms with E-state index in [0.717, 1.165) is 55.5 Å². The average molecular weight is 691 g/mol. The number of fused-ring (bicyclic) bond motifs is 2. The molecule has 0 radical (unpaired) electrons. The Hall–Kier alpha value is -4.53. The van der Waals surface area contributed by atoms with E-state index in [1.165, 1.54) is 0 Å². The van der Waals surface area contributed by atoms with E-state index < -0.39 is 0 Å². The maximum absolute atomic E-state index is 12.7. The van der Waals surface area contributed by atoms with E-state index in [0.29, 0.717) is 12.2 Å². The summed E-state index contributed by atoms with van der Waals surface area (Å²) in [6.45, 7) is 0. The van der Waals surface area contributed by atoms with Gasteiger partial charge in [-0.2, -0.15) is 5.26 Å². The molecule has 1 N–H and O–H groups in total. The maximum Gasteiger partial charge on any atom is 0.230 e. The van der Waals surface area contributed by atoms with Gasteiger partial charge in [-0.15, -0.1) is 0 Å². The second kappa shape index (κ2) is 11.6. The van der Waals surface area contributed by atoms with Crippen LogP contribution in [0.4, 0.5) is 11.5 Å². The summed E-state index contributed by atoms with van der Waals surface area (Å²) in [6, 6.07) is 32.7. The molecule has 3 aromatic heterocycles. The number of carbonyl (C=O) groups is 1. The molecule has 6 aromatic rings. The normalized spacial score (nSPS) is 15.6. The fraction of sp³-hybridized carbons (Fsp3) is 0.0882. The lowest BCUT2D eigenvalue weighted by Gasteiger charge is -2.13. The lowest BCUT2D eigenvalue weighted by Crippen LogP contribution is -2.15. The van der Waals surface area contributed by atoms with Crippen LogP contribution in [0.15, 0.2) is 115 Å². The quantitative estimate of drug-likeness (QED) is 0.134. The lowest BCUT2D eigenvalue weighted by atomic mass is 9.98. The highest BCUT2D eigenvalue weighted by Crippen LogP contribution is 2.40. The highest BCUT2D eigenvalue weighted by Gasteiger charge is 2.43. The van der Waals surface area contributed by atoms with E-state index >= 15 is 0 Å². The maximum atomic E-state index is 12.7. The van der Waals surface area contributed by atoms with E-state index in [4.69, 9.17) is 10.3 Å². The number of nitrogens with zero attached hydrogens (tertiary/aromatic N) is 5. The second-order valence-corrected chi connectivity index (χ2v) is 12.1. The number of hydrogen-bond donors (Lipinski definition) is 1. The highest BCUT2D eigenvalue weighted by molar-refractivity contribution is 14.2. The molecule has 1 saturated carbocycles. The van der Waals surface area contributed by atoms with Gasteiger partial charge in [0.25, 0.3) is 0 Å². The molecule has 7 rings (SSSR count). The molecule has 1 aliphatic rings. The Kier molecular flexibility index (Phi) is 7.39. The predicted octanol–water partition coefficient (Wildman–Crippen LogP) is 8.37. The third kappa shape index (κ3) is 5.40. The van der Waals surface area contributed by atoms with Gasteiger partial charge in [-0.1, -0.05) is 60.7 Å². The molecule has 0 aliphatic heterocycles.